The van der Waals surface area contributed by atoms with Gasteiger partial charge < -0.3 is 9.88 Å². The maximum atomic E-state index is 6.20. The van der Waals surface area contributed by atoms with Crippen LogP contribution in [0.15, 0.2) is 42.5 Å². The largest absolute Gasteiger partial charge is 0.377 e. The van der Waals surface area contributed by atoms with Crippen molar-refractivity contribution in [2.45, 2.75) is 13.5 Å². The predicted molar refractivity (Wildman–Crippen MR) is 91.4 cm³/mol. The third kappa shape index (κ3) is 2.50. The Morgan fingerprint density at radius 2 is 1.67 bits per heavy atom. The van der Waals surface area contributed by atoms with Crippen molar-refractivity contribution in [1.29, 1.82) is 0 Å². The smallest absolute Gasteiger partial charge is 0.0722 e. The van der Waals surface area contributed by atoms with Gasteiger partial charge in [0.1, 0.15) is 0 Å². The van der Waals surface area contributed by atoms with Crippen LogP contribution in [0.5, 0.6) is 0 Å². The molecule has 3 rings (SSSR count). The number of rotatable bonds is 3. The molecular weight excluding hydrogens is 303 g/mol. The van der Waals surface area contributed by atoms with Crippen molar-refractivity contribution in [2.75, 3.05) is 5.32 Å². The first-order valence-electron chi connectivity index (χ1n) is 6.80. The van der Waals surface area contributed by atoms with Crippen LogP contribution in [-0.4, -0.2) is 4.57 Å². The summed E-state index contributed by atoms with van der Waals surface area (Å²) in [5, 5.41) is 5.91. The van der Waals surface area contributed by atoms with E-state index >= 15 is 0 Å². The Balaban J connectivity index is 1.96. The first kappa shape index (κ1) is 14.3. The fraction of sp³-hybridized carbons (Fsp3) is 0.176. The van der Waals surface area contributed by atoms with E-state index in [0.717, 1.165) is 5.69 Å². The van der Waals surface area contributed by atoms with E-state index in [2.05, 4.69) is 48.1 Å². The van der Waals surface area contributed by atoms with E-state index in [-0.39, 0.29) is 0 Å². The van der Waals surface area contributed by atoms with E-state index < -0.39 is 0 Å². The normalized spacial score (nSPS) is 11.0. The number of para-hydroxylation sites is 2. The second-order valence-corrected chi connectivity index (χ2v) is 5.91. The molecule has 2 aromatic carbocycles. The van der Waals surface area contributed by atoms with Crippen LogP contribution in [0.2, 0.25) is 10.0 Å². The van der Waals surface area contributed by atoms with Crippen molar-refractivity contribution in [2.24, 2.45) is 7.05 Å². The zero-order chi connectivity index (χ0) is 15.0. The number of halogens is 2. The minimum Gasteiger partial charge on any atom is -0.377 e. The Kier molecular flexibility index (Phi) is 3.83. The van der Waals surface area contributed by atoms with Crippen molar-refractivity contribution in [3.63, 3.8) is 0 Å². The number of nitrogens with zero attached hydrogens (tertiary/aromatic N) is 1. The molecule has 0 fully saturated rings. The molecule has 0 aliphatic heterocycles. The van der Waals surface area contributed by atoms with Gasteiger partial charge in [-0.3, -0.25) is 0 Å². The van der Waals surface area contributed by atoms with Crippen LogP contribution in [0.3, 0.4) is 0 Å². The van der Waals surface area contributed by atoms with Gasteiger partial charge in [0, 0.05) is 23.6 Å². The number of aryl methyl sites for hydroxylation is 2. The number of aromatic nitrogens is 1. The van der Waals surface area contributed by atoms with Gasteiger partial charge >= 0.3 is 0 Å². The van der Waals surface area contributed by atoms with Crippen LogP contribution < -0.4 is 5.32 Å². The number of hydrogen-bond donors (Lipinski definition) is 1. The third-order valence-corrected chi connectivity index (χ3v) is 4.53. The topological polar surface area (TPSA) is 17.0 Å². The number of hydrogen-bond acceptors (Lipinski definition) is 1. The van der Waals surface area contributed by atoms with E-state index in [1.165, 1.54) is 22.2 Å². The summed E-state index contributed by atoms with van der Waals surface area (Å²) in [5.41, 5.74) is 4.53. The molecule has 4 heteroatoms. The molecule has 3 aromatic rings. The summed E-state index contributed by atoms with van der Waals surface area (Å²) < 4.78 is 2.21. The van der Waals surface area contributed by atoms with Crippen LogP contribution in [-0.2, 0) is 13.6 Å². The van der Waals surface area contributed by atoms with Crippen LogP contribution in [0.1, 0.15) is 11.3 Å². The summed E-state index contributed by atoms with van der Waals surface area (Å²) in [6.07, 6.45) is 0. The minimum absolute atomic E-state index is 0.638. The van der Waals surface area contributed by atoms with Gasteiger partial charge in [-0.15, -0.1) is 0 Å². The zero-order valence-electron chi connectivity index (χ0n) is 12.0. The Morgan fingerprint density at radius 1 is 1.00 bits per heavy atom. The average molecular weight is 319 g/mol. The first-order chi connectivity index (χ1) is 10.1. The second kappa shape index (κ2) is 5.63. The number of benzene rings is 2. The lowest BCUT2D eigenvalue weighted by atomic mass is 10.1. The number of nitrogens with one attached hydrogen (secondary N) is 1. The molecule has 1 N–H and O–H groups in total. The van der Waals surface area contributed by atoms with Crippen molar-refractivity contribution >= 4 is 39.8 Å². The van der Waals surface area contributed by atoms with Crippen molar-refractivity contribution in [3.05, 3.63) is 63.8 Å². The fourth-order valence-corrected chi connectivity index (χ4v) is 3.26. The summed E-state index contributed by atoms with van der Waals surface area (Å²) in [5.74, 6) is 0. The molecule has 0 radical (unpaired) electrons. The molecule has 21 heavy (non-hydrogen) atoms. The van der Waals surface area contributed by atoms with Crippen molar-refractivity contribution in [3.8, 4) is 0 Å². The Labute approximate surface area is 134 Å². The molecule has 2 nitrogen and oxygen atoms in total. The molecule has 0 bridgehead atoms. The summed E-state index contributed by atoms with van der Waals surface area (Å²) >= 11 is 12.4. The molecule has 1 aromatic heterocycles. The minimum atomic E-state index is 0.638. The van der Waals surface area contributed by atoms with Gasteiger partial charge in [0.15, 0.2) is 0 Å². The highest BCUT2D eigenvalue weighted by molar-refractivity contribution is 6.39. The van der Waals surface area contributed by atoms with E-state index in [0.29, 0.717) is 16.6 Å². The SMILES string of the molecule is Cc1c(CNc2c(Cl)cccc2Cl)n(C)c2ccccc12. The summed E-state index contributed by atoms with van der Waals surface area (Å²) in [6.45, 7) is 2.83. The Hall–Kier alpha value is -1.64. The zero-order valence-corrected chi connectivity index (χ0v) is 13.5. The quantitative estimate of drug-likeness (QED) is 0.683. The molecule has 0 saturated carbocycles. The molecular formula is C17H16Cl2N2. The first-order valence-corrected chi connectivity index (χ1v) is 7.56. The maximum Gasteiger partial charge on any atom is 0.0722 e. The van der Waals surface area contributed by atoms with Crippen LogP contribution in [0, 0.1) is 6.92 Å². The van der Waals surface area contributed by atoms with Crippen LogP contribution in [0.25, 0.3) is 10.9 Å². The molecule has 0 spiro atoms. The highest BCUT2D eigenvalue weighted by Crippen LogP contribution is 2.31. The molecule has 0 unspecified atom stereocenters. The van der Waals surface area contributed by atoms with Crippen LogP contribution in [0.4, 0.5) is 5.69 Å². The summed E-state index contributed by atoms with van der Waals surface area (Å²) in [6, 6.07) is 13.9. The number of anilines is 1. The van der Waals surface area contributed by atoms with Gasteiger partial charge in [-0.25, -0.2) is 0 Å². The van der Waals surface area contributed by atoms with Crippen molar-refractivity contribution in [1.82, 2.24) is 4.57 Å². The molecule has 0 aliphatic rings. The molecule has 108 valence electrons. The van der Waals surface area contributed by atoms with Gasteiger partial charge in [0.05, 0.1) is 22.3 Å². The molecule has 0 atom stereocenters. The van der Waals surface area contributed by atoms with E-state index in [1.807, 2.05) is 18.2 Å². The van der Waals surface area contributed by atoms with E-state index in [9.17, 15) is 0 Å². The Morgan fingerprint density at radius 3 is 2.33 bits per heavy atom. The van der Waals surface area contributed by atoms with E-state index in [4.69, 9.17) is 23.2 Å². The molecule has 0 amide bonds. The lowest BCUT2D eigenvalue weighted by Gasteiger charge is -2.12. The van der Waals surface area contributed by atoms with Gasteiger partial charge in [-0.1, -0.05) is 47.5 Å². The van der Waals surface area contributed by atoms with Crippen molar-refractivity contribution < 1.29 is 0 Å². The summed E-state index contributed by atoms with van der Waals surface area (Å²) in [7, 11) is 2.08. The van der Waals surface area contributed by atoms with Gasteiger partial charge in [-0.05, 0) is 30.7 Å². The average Bonchev–Trinajstić information content (AvgIpc) is 2.72. The lowest BCUT2D eigenvalue weighted by Crippen LogP contribution is -2.06. The Bertz CT molecular complexity index is 747. The van der Waals surface area contributed by atoms with Crippen LogP contribution >= 0.6 is 23.2 Å². The highest BCUT2D eigenvalue weighted by Gasteiger charge is 2.12. The lowest BCUT2D eigenvalue weighted by molar-refractivity contribution is 0.862. The third-order valence-electron chi connectivity index (χ3n) is 3.90. The van der Waals surface area contributed by atoms with Gasteiger partial charge in [0.2, 0.25) is 0 Å². The molecule has 0 saturated heterocycles. The summed E-state index contributed by atoms with van der Waals surface area (Å²) in [4.78, 5) is 0. The molecule has 0 aliphatic carbocycles. The maximum absolute atomic E-state index is 6.20. The fourth-order valence-electron chi connectivity index (χ4n) is 2.73. The molecule has 1 heterocycles. The predicted octanol–water partition coefficient (Wildman–Crippen LogP) is 5.41. The van der Waals surface area contributed by atoms with E-state index in [1.54, 1.807) is 0 Å². The number of fused-ring (bicyclic) bond motifs is 1. The van der Waals surface area contributed by atoms with Gasteiger partial charge in [0.25, 0.3) is 0 Å². The highest BCUT2D eigenvalue weighted by atomic mass is 35.5. The second-order valence-electron chi connectivity index (χ2n) is 5.10. The van der Waals surface area contributed by atoms with Gasteiger partial charge in [-0.2, -0.15) is 0 Å². The standard InChI is InChI=1S/C17H16Cl2N2/c1-11-12-6-3-4-9-15(12)21(2)16(11)10-20-17-13(18)7-5-8-14(17)19/h3-9,20H,10H2,1-2H3. The monoisotopic (exact) mass is 318 g/mol.